The van der Waals surface area contributed by atoms with E-state index in [4.69, 9.17) is 0 Å². The number of carbonyl (C=O) groups is 2. The first kappa shape index (κ1) is 12.3. The maximum atomic E-state index is 11.6. The van der Waals surface area contributed by atoms with Gasteiger partial charge in [0.15, 0.2) is 0 Å². The number of esters is 2. The van der Waals surface area contributed by atoms with Gasteiger partial charge in [-0.25, -0.2) is 4.79 Å². The Labute approximate surface area is 94.0 Å². The van der Waals surface area contributed by atoms with Gasteiger partial charge in [0.25, 0.3) is 0 Å². The Morgan fingerprint density at radius 2 is 2.06 bits per heavy atom. The molecule has 5 nitrogen and oxygen atoms in total. The second-order valence-corrected chi connectivity index (χ2v) is 3.38. The number of ether oxygens (including phenoxy) is 2. The molecule has 1 rings (SSSR count). The first-order chi connectivity index (χ1) is 7.60. The van der Waals surface area contributed by atoms with Crippen molar-refractivity contribution in [3.63, 3.8) is 0 Å². The fourth-order valence-corrected chi connectivity index (χ4v) is 1.50. The predicted octanol–water partition coefficient (Wildman–Crippen LogP) is 1.07. The van der Waals surface area contributed by atoms with Gasteiger partial charge in [-0.3, -0.25) is 4.79 Å². The number of rotatable bonds is 4. The van der Waals surface area contributed by atoms with Crippen LogP contribution in [0.1, 0.15) is 18.2 Å². The van der Waals surface area contributed by atoms with Gasteiger partial charge in [0, 0.05) is 11.9 Å². The van der Waals surface area contributed by atoms with Gasteiger partial charge in [0.2, 0.25) is 0 Å². The summed E-state index contributed by atoms with van der Waals surface area (Å²) in [5.41, 5.74) is 0.888. The average Bonchev–Trinajstić information content (AvgIpc) is 2.70. The van der Waals surface area contributed by atoms with Crippen molar-refractivity contribution in [3.05, 3.63) is 24.0 Å². The molecule has 0 saturated carbocycles. The summed E-state index contributed by atoms with van der Waals surface area (Å²) in [6, 6.07) is 3.00. The molecule has 1 atom stereocenters. The summed E-state index contributed by atoms with van der Waals surface area (Å²) >= 11 is 0. The lowest BCUT2D eigenvalue weighted by atomic mass is 10.2. The average molecular weight is 225 g/mol. The number of hydrogen-bond donors (Lipinski definition) is 0. The molecule has 0 aliphatic heterocycles. The van der Waals surface area contributed by atoms with Gasteiger partial charge in [0.1, 0.15) is 6.04 Å². The standard InChI is InChI=1S/C11H15NO4/c1-8-5-4-6-12(8)9(11(14)16-3)7-10(13)15-2/h4-6,9H,7H2,1-3H3/t9-/m0/s1. The molecule has 0 aromatic carbocycles. The van der Waals surface area contributed by atoms with Crippen molar-refractivity contribution in [1.82, 2.24) is 4.57 Å². The van der Waals surface area contributed by atoms with Crippen LogP contribution in [-0.4, -0.2) is 30.7 Å². The molecule has 0 fully saturated rings. The molecule has 0 radical (unpaired) electrons. The highest BCUT2D eigenvalue weighted by Crippen LogP contribution is 2.17. The van der Waals surface area contributed by atoms with Crippen LogP contribution in [0.25, 0.3) is 0 Å². The number of hydrogen-bond acceptors (Lipinski definition) is 4. The van der Waals surface area contributed by atoms with Crippen molar-refractivity contribution < 1.29 is 19.1 Å². The lowest BCUT2D eigenvalue weighted by Crippen LogP contribution is -2.24. The van der Waals surface area contributed by atoms with Crippen molar-refractivity contribution in [2.75, 3.05) is 14.2 Å². The van der Waals surface area contributed by atoms with E-state index in [0.717, 1.165) is 5.69 Å². The summed E-state index contributed by atoms with van der Waals surface area (Å²) in [7, 11) is 2.59. The summed E-state index contributed by atoms with van der Waals surface area (Å²) in [4.78, 5) is 22.8. The highest BCUT2D eigenvalue weighted by Gasteiger charge is 2.25. The van der Waals surface area contributed by atoms with Crippen molar-refractivity contribution in [3.8, 4) is 0 Å². The van der Waals surface area contributed by atoms with Crippen LogP contribution in [0.4, 0.5) is 0 Å². The molecule has 0 bridgehead atoms. The topological polar surface area (TPSA) is 57.5 Å². The summed E-state index contributed by atoms with van der Waals surface area (Å²) in [6.07, 6.45) is 1.71. The van der Waals surface area contributed by atoms with E-state index in [2.05, 4.69) is 9.47 Å². The van der Waals surface area contributed by atoms with Gasteiger partial charge < -0.3 is 14.0 Å². The Bertz CT molecular complexity index is 383. The molecule has 1 aromatic rings. The first-order valence-corrected chi connectivity index (χ1v) is 4.88. The van der Waals surface area contributed by atoms with Crippen LogP contribution in [0, 0.1) is 6.92 Å². The lowest BCUT2D eigenvalue weighted by molar-refractivity contribution is -0.151. The van der Waals surface area contributed by atoms with E-state index < -0.39 is 18.0 Å². The Morgan fingerprint density at radius 1 is 1.38 bits per heavy atom. The Hall–Kier alpha value is -1.78. The predicted molar refractivity (Wildman–Crippen MR) is 56.9 cm³/mol. The van der Waals surface area contributed by atoms with Crippen molar-refractivity contribution in [2.24, 2.45) is 0 Å². The zero-order valence-electron chi connectivity index (χ0n) is 9.60. The van der Waals surface area contributed by atoms with E-state index in [-0.39, 0.29) is 6.42 Å². The first-order valence-electron chi connectivity index (χ1n) is 4.88. The highest BCUT2D eigenvalue weighted by molar-refractivity contribution is 5.81. The van der Waals surface area contributed by atoms with Gasteiger partial charge in [-0.1, -0.05) is 0 Å². The second-order valence-electron chi connectivity index (χ2n) is 3.38. The van der Waals surface area contributed by atoms with Gasteiger partial charge in [-0.05, 0) is 19.1 Å². The molecule has 0 aliphatic rings. The van der Waals surface area contributed by atoms with Gasteiger partial charge >= 0.3 is 11.9 Å². The molecular weight excluding hydrogens is 210 g/mol. The van der Waals surface area contributed by atoms with E-state index in [1.54, 1.807) is 10.8 Å². The number of nitrogens with zero attached hydrogens (tertiary/aromatic N) is 1. The van der Waals surface area contributed by atoms with Crippen molar-refractivity contribution in [1.29, 1.82) is 0 Å². The maximum Gasteiger partial charge on any atom is 0.329 e. The van der Waals surface area contributed by atoms with E-state index in [1.165, 1.54) is 14.2 Å². The SMILES string of the molecule is COC(=O)C[C@@H](C(=O)OC)n1cccc1C. The van der Waals surface area contributed by atoms with Gasteiger partial charge in [-0.2, -0.15) is 0 Å². The minimum Gasteiger partial charge on any atom is -0.469 e. The van der Waals surface area contributed by atoms with Crippen molar-refractivity contribution >= 4 is 11.9 Å². The quantitative estimate of drug-likeness (QED) is 0.719. The molecule has 0 spiro atoms. The van der Waals surface area contributed by atoms with E-state index >= 15 is 0 Å². The van der Waals surface area contributed by atoms with Gasteiger partial charge in [0.05, 0.1) is 20.6 Å². The number of methoxy groups -OCH3 is 2. The molecule has 0 amide bonds. The van der Waals surface area contributed by atoms with E-state index in [1.807, 2.05) is 19.1 Å². The van der Waals surface area contributed by atoms with E-state index in [9.17, 15) is 9.59 Å². The Balaban J connectivity index is 2.92. The van der Waals surface area contributed by atoms with Gasteiger partial charge in [-0.15, -0.1) is 0 Å². The maximum absolute atomic E-state index is 11.6. The molecular formula is C11H15NO4. The third kappa shape index (κ3) is 2.62. The highest BCUT2D eigenvalue weighted by atomic mass is 16.5. The van der Waals surface area contributed by atoms with Crippen LogP contribution in [0.2, 0.25) is 0 Å². The van der Waals surface area contributed by atoms with Crippen LogP contribution in [-0.2, 0) is 19.1 Å². The third-order valence-corrected chi connectivity index (χ3v) is 2.39. The second kappa shape index (κ2) is 5.34. The molecule has 88 valence electrons. The molecule has 0 aliphatic carbocycles. The number of aromatic nitrogens is 1. The van der Waals surface area contributed by atoms with Crippen LogP contribution in [0.5, 0.6) is 0 Å². The largest absolute Gasteiger partial charge is 0.469 e. The van der Waals surface area contributed by atoms with E-state index in [0.29, 0.717) is 0 Å². The molecule has 0 saturated heterocycles. The molecule has 1 heterocycles. The van der Waals surface area contributed by atoms with Crippen LogP contribution in [0.3, 0.4) is 0 Å². The fourth-order valence-electron chi connectivity index (χ4n) is 1.50. The molecule has 5 heteroatoms. The minimum atomic E-state index is -0.660. The summed E-state index contributed by atoms with van der Waals surface area (Å²) in [6.45, 7) is 1.85. The molecule has 1 aromatic heterocycles. The number of aryl methyl sites for hydroxylation is 1. The smallest absolute Gasteiger partial charge is 0.329 e. The van der Waals surface area contributed by atoms with Crippen LogP contribution in [0.15, 0.2) is 18.3 Å². The summed E-state index contributed by atoms with van der Waals surface area (Å²) < 4.78 is 10.9. The fraction of sp³-hybridized carbons (Fsp3) is 0.455. The summed E-state index contributed by atoms with van der Waals surface area (Å²) in [5.74, 6) is -0.895. The Kier molecular flexibility index (Phi) is 4.10. The minimum absolute atomic E-state index is 0.0291. The normalized spacial score (nSPS) is 11.9. The van der Waals surface area contributed by atoms with Crippen molar-refractivity contribution in [2.45, 2.75) is 19.4 Å². The van der Waals surface area contributed by atoms with Crippen LogP contribution >= 0.6 is 0 Å². The monoisotopic (exact) mass is 225 g/mol. The molecule has 0 N–H and O–H groups in total. The van der Waals surface area contributed by atoms with Crippen LogP contribution < -0.4 is 0 Å². The Morgan fingerprint density at radius 3 is 2.50 bits per heavy atom. The molecule has 16 heavy (non-hydrogen) atoms. The number of carbonyl (C=O) groups excluding carboxylic acids is 2. The molecule has 0 unspecified atom stereocenters. The zero-order chi connectivity index (χ0) is 12.1. The zero-order valence-corrected chi connectivity index (χ0v) is 9.60. The lowest BCUT2D eigenvalue weighted by Gasteiger charge is -2.17. The summed E-state index contributed by atoms with van der Waals surface area (Å²) in [5, 5.41) is 0. The third-order valence-electron chi connectivity index (χ3n) is 2.39.